The standard InChI is InChI=1S/C21H22N6O/c1-15-14-19(26-21(23-15)27-12-2-3-13-27)24-17-4-6-18(7-5-17)25-20(28)16-8-10-22-11-9-16/h4-11,14H,2-3,12-13H2,1H3,(H,25,28)(H,23,24,26). The molecule has 0 spiro atoms. The highest BCUT2D eigenvalue weighted by Gasteiger charge is 2.16. The zero-order valence-electron chi connectivity index (χ0n) is 15.7. The van der Waals surface area contributed by atoms with Crippen molar-refractivity contribution in [1.29, 1.82) is 0 Å². The van der Waals surface area contributed by atoms with Gasteiger partial charge < -0.3 is 15.5 Å². The Morgan fingerprint density at radius 3 is 2.36 bits per heavy atom. The number of aryl methyl sites for hydroxylation is 1. The number of nitrogens with one attached hydrogen (secondary N) is 2. The summed E-state index contributed by atoms with van der Waals surface area (Å²) in [5, 5.41) is 6.20. The van der Waals surface area contributed by atoms with E-state index in [1.165, 1.54) is 12.8 Å². The Morgan fingerprint density at radius 2 is 1.64 bits per heavy atom. The number of aromatic nitrogens is 3. The van der Waals surface area contributed by atoms with E-state index >= 15 is 0 Å². The van der Waals surface area contributed by atoms with Crippen LogP contribution in [0.25, 0.3) is 0 Å². The molecule has 1 fully saturated rings. The van der Waals surface area contributed by atoms with Crippen LogP contribution < -0.4 is 15.5 Å². The van der Waals surface area contributed by atoms with E-state index in [0.717, 1.165) is 41.9 Å². The normalized spacial score (nSPS) is 13.4. The van der Waals surface area contributed by atoms with Gasteiger partial charge in [0.15, 0.2) is 0 Å². The van der Waals surface area contributed by atoms with Gasteiger partial charge in [0.05, 0.1) is 0 Å². The zero-order chi connectivity index (χ0) is 19.3. The van der Waals surface area contributed by atoms with Gasteiger partial charge in [-0.25, -0.2) is 4.98 Å². The van der Waals surface area contributed by atoms with Gasteiger partial charge in [0, 0.05) is 54.2 Å². The summed E-state index contributed by atoms with van der Waals surface area (Å²) in [5.41, 5.74) is 3.13. The van der Waals surface area contributed by atoms with E-state index in [4.69, 9.17) is 0 Å². The summed E-state index contributed by atoms with van der Waals surface area (Å²) < 4.78 is 0. The first-order valence-corrected chi connectivity index (χ1v) is 9.36. The monoisotopic (exact) mass is 374 g/mol. The molecule has 2 N–H and O–H groups in total. The number of carbonyl (C=O) groups excluding carboxylic acids is 1. The molecule has 0 aliphatic carbocycles. The fraction of sp³-hybridized carbons (Fsp3) is 0.238. The Bertz CT molecular complexity index is 952. The van der Waals surface area contributed by atoms with Gasteiger partial charge in [-0.3, -0.25) is 9.78 Å². The molecule has 1 saturated heterocycles. The van der Waals surface area contributed by atoms with Gasteiger partial charge in [0.25, 0.3) is 5.91 Å². The van der Waals surface area contributed by atoms with Crippen molar-refractivity contribution in [3.05, 3.63) is 66.1 Å². The molecule has 4 rings (SSSR count). The van der Waals surface area contributed by atoms with Gasteiger partial charge in [-0.2, -0.15) is 4.98 Å². The number of amides is 1. The molecule has 1 amide bonds. The minimum Gasteiger partial charge on any atom is -0.341 e. The molecule has 2 aromatic heterocycles. The summed E-state index contributed by atoms with van der Waals surface area (Å²) in [6.07, 6.45) is 5.57. The van der Waals surface area contributed by atoms with Crippen molar-refractivity contribution in [3.63, 3.8) is 0 Å². The minimum absolute atomic E-state index is 0.162. The van der Waals surface area contributed by atoms with Crippen LogP contribution in [0.4, 0.5) is 23.1 Å². The van der Waals surface area contributed by atoms with E-state index < -0.39 is 0 Å². The van der Waals surface area contributed by atoms with Gasteiger partial charge in [-0.05, 0) is 56.2 Å². The number of benzene rings is 1. The number of hydrogen-bond donors (Lipinski definition) is 2. The highest BCUT2D eigenvalue weighted by atomic mass is 16.1. The lowest BCUT2D eigenvalue weighted by Gasteiger charge is -2.17. The number of hydrogen-bond acceptors (Lipinski definition) is 6. The molecule has 1 aliphatic rings. The van der Waals surface area contributed by atoms with Crippen LogP contribution in [0.5, 0.6) is 0 Å². The lowest BCUT2D eigenvalue weighted by Crippen LogP contribution is -2.21. The van der Waals surface area contributed by atoms with Crippen LogP contribution in [0.3, 0.4) is 0 Å². The Kier molecular flexibility index (Phi) is 5.14. The molecular formula is C21H22N6O. The van der Waals surface area contributed by atoms with Crippen molar-refractivity contribution in [2.24, 2.45) is 0 Å². The van der Waals surface area contributed by atoms with Gasteiger partial charge in [-0.15, -0.1) is 0 Å². The molecule has 0 unspecified atom stereocenters. The van der Waals surface area contributed by atoms with E-state index in [-0.39, 0.29) is 5.91 Å². The molecule has 7 heteroatoms. The van der Waals surface area contributed by atoms with E-state index in [2.05, 4.69) is 30.5 Å². The molecule has 0 saturated carbocycles. The van der Waals surface area contributed by atoms with Crippen molar-refractivity contribution in [3.8, 4) is 0 Å². The zero-order valence-corrected chi connectivity index (χ0v) is 15.7. The maximum Gasteiger partial charge on any atom is 0.255 e. The van der Waals surface area contributed by atoms with E-state index in [1.807, 2.05) is 37.3 Å². The molecule has 142 valence electrons. The minimum atomic E-state index is -0.162. The van der Waals surface area contributed by atoms with Crippen molar-refractivity contribution in [1.82, 2.24) is 15.0 Å². The first-order valence-electron chi connectivity index (χ1n) is 9.36. The fourth-order valence-electron chi connectivity index (χ4n) is 3.17. The summed E-state index contributed by atoms with van der Waals surface area (Å²) in [5.74, 6) is 1.38. The fourth-order valence-corrected chi connectivity index (χ4v) is 3.17. The first-order chi connectivity index (χ1) is 13.7. The van der Waals surface area contributed by atoms with Gasteiger partial charge in [-0.1, -0.05) is 0 Å². The maximum absolute atomic E-state index is 12.2. The number of anilines is 4. The Hall–Kier alpha value is -3.48. The molecule has 0 bridgehead atoms. The number of rotatable bonds is 5. The summed E-state index contributed by atoms with van der Waals surface area (Å²) in [7, 11) is 0. The molecule has 3 heterocycles. The van der Waals surface area contributed by atoms with Crippen molar-refractivity contribution in [2.75, 3.05) is 28.6 Å². The van der Waals surface area contributed by atoms with Crippen molar-refractivity contribution >= 4 is 29.0 Å². The second-order valence-corrected chi connectivity index (χ2v) is 6.78. The summed E-state index contributed by atoms with van der Waals surface area (Å²) in [4.78, 5) is 27.6. The topological polar surface area (TPSA) is 83.0 Å². The van der Waals surface area contributed by atoms with Crippen LogP contribution in [0.2, 0.25) is 0 Å². The number of carbonyl (C=O) groups is 1. The predicted octanol–water partition coefficient (Wildman–Crippen LogP) is 3.78. The quantitative estimate of drug-likeness (QED) is 0.707. The lowest BCUT2D eigenvalue weighted by molar-refractivity contribution is 0.102. The third-order valence-corrected chi connectivity index (χ3v) is 4.59. The molecule has 1 aliphatic heterocycles. The second-order valence-electron chi connectivity index (χ2n) is 6.78. The van der Waals surface area contributed by atoms with Gasteiger partial charge in [0.1, 0.15) is 5.82 Å². The number of pyridine rings is 1. The highest BCUT2D eigenvalue weighted by Crippen LogP contribution is 2.22. The molecule has 1 aromatic carbocycles. The molecule has 0 radical (unpaired) electrons. The van der Waals surface area contributed by atoms with E-state index in [9.17, 15) is 4.79 Å². The summed E-state index contributed by atoms with van der Waals surface area (Å²) in [6.45, 7) is 3.99. The largest absolute Gasteiger partial charge is 0.341 e. The number of nitrogens with zero attached hydrogens (tertiary/aromatic N) is 4. The molecule has 3 aromatic rings. The average Bonchev–Trinajstić information content (AvgIpc) is 3.25. The molecule has 0 atom stereocenters. The van der Waals surface area contributed by atoms with Gasteiger partial charge in [0.2, 0.25) is 5.95 Å². The van der Waals surface area contributed by atoms with Crippen LogP contribution in [0, 0.1) is 6.92 Å². The Balaban J connectivity index is 1.44. The summed E-state index contributed by atoms with van der Waals surface area (Å²) in [6, 6.07) is 12.8. The van der Waals surface area contributed by atoms with Gasteiger partial charge >= 0.3 is 0 Å². The highest BCUT2D eigenvalue weighted by molar-refractivity contribution is 6.04. The third-order valence-electron chi connectivity index (χ3n) is 4.59. The smallest absolute Gasteiger partial charge is 0.255 e. The van der Waals surface area contributed by atoms with Crippen molar-refractivity contribution in [2.45, 2.75) is 19.8 Å². The van der Waals surface area contributed by atoms with Crippen LogP contribution in [-0.4, -0.2) is 33.9 Å². The molecule has 28 heavy (non-hydrogen) atoms. The average molecular weight is 374 g/mol. The molecular weight excluding hydrogens is 352 g/mol. The Morgan fingerprint density at radius 1 is 0.964 bits per heavy atom. The second kappa shape index (κ2) is 8.04. The van der Waals surface area contributed by atoms with Crippen LogP contribution in [-0.2, 0) is 0 Å². The van der Waals surface area contributed by atoms with Crippen molar-refractivity contribution < 1.29 is 4.79 Å². The lowest BCUT2D eigenvalue weighted by atomic mass is 10.2. The van der Waals surface area contributed by atoms with E-state index in [1.54, 1.807) is 24.5 Å². The van der Waals surface area contributed by atoms with Crippen LogP contribution in [0.15, 0.2) is 54.9 Å². The Labute approximate surface area is 163 Å². The first kappa shape index (κ1) is 17.9. The predicted molar refractivity (Wildman–Crippen MR) is 110 cm³/mol. The summed E-state index contributed by atoms with van der Waals surface area (Å²) >= 11 is 0. The third kappa shape index (κ3) is 4.25. The van der Waals surface area contributed by atoms with E-state index in [0.29, 0.717) is 5.56 Å². The maximum atomic E-state index is 12.2. The molecule has 7 nitrogen and oxygen atoms in total. The SMILES string of the molecule is Cc1cc(Nc2ccc(NC(=O)c3ccncc3)cc2)nc(N2CCCC2)n1. The van der Waals surface area contributed by atoms with Crippen LogP contribution in [0.1, 0.15) is 28.9 Å². The van der Waals surface area contributed by atoms with Crippen LogP contribution >= 0.6 is 0 Å².